The molecule has 0 aliphatic heterocycles. The van der Waals surface area contributed by atoms with Crippen LogP contribution in [-0.4, -0.2) is 8.42 Å². The minimum Gasteiger partial charge on any atom is -0.272 e. The lowest BCUT2D eigenvalue weighted by atomic mass is 15.9. The smallest absolute Gasteiger partial charge is 0.272 e. The van der Waals surface area contributed by atoms with Gasteiger partial charge in [0.1, 0.15) is 0 Å². The third-order valence-corrected chi connectivity index (χ3v) is 3.93. The molecule has 0 saturated heterocycles. The molecule has 7 heavy (non-hydrogen) atoms. The number of hydrogen-bond donors (Lipinski definition) is 1. The summed E-state index contributed by atoms with van der Waals surface area (Å²) < 4.78 is 28.9. The minimum atomic E-state index is -3.84. The van der Waals surface area contributed by atoms with E-state index in [1.807, 2.05) is 0 Å². The Kier molecular flexibility index (Phi) is 2.61. The molecular formula is HCl2O3PS. The summed E-state index contributed by atoms with van der Waals surface area (Å²) in [6, 6.07) is 0. The van der Waals surface area contributed by atoms with Crippen LogP contribution in [0.15, 0.2) is 0 Å². The molecule has 7 heteroatoms. The Hall–Kier alpha value is 0.760. The summed E-state index contributed by atoms with van der Waals surface area (Å²) >= 11 is 9.19. The van der Waals surface area contributed by atoms with Gasteiger partial charge in [-0.2, -0.15) is 0 Å². The third-order valence-electron chi connectivity index (χ3n) is 0.190. The first-order valence-corrected chi connectivity index (χ1v) is 6.49. The van der Waals surface area contributed by atoms with Gasteiger partial charge in [0.25, 0.3) is 0 Å². The van der Waals surface area contributed by atoms with Crippen LogP contribution in [0.1, 0.15) is 0 Å². The normalized spacial score (nSPS) is 12.4. The van der Waals surface area contributed by atoms with Gasteiger partial charge < -0.3 is 0 Å². The standard InChI is InChI=1S/Cl2HO3PS/c1-6(2,3)7(4)5/h7H. The van der Waals surface area contributed by atoms with Gasteiger partial charge in [0.2, 0.25) is 10.3 Å². The second-order valence-corrected chi connectivity index (χ2v) is 9.48. The molecule has 0 aromatic rings. The first-order chi connectivity index (χ1) is 2.94. The van der Waals surface area contributed by atoms with E-state index in [0.29, 0.717) is 0 Å². The van der Waals surface area contributed by atoms with E-state index in [1.165, 1.54) is 0 Å². The summed E-state index contributed by atoms with van der Waals surface area (Å²) in [5, 5.41) is -3.84. The van der Waals surface area contributed by atoms with Crippen molar-refractivity contribution in [1.29, 1.82) is 0 Å². The number of rotatable bonds is 1. The molecule has 0 saturated carbocycles. The zero-order chi connectivity index (χ0) is 6.08. The fourth-order valence-corrected chi connectivity index (χ4v) is 0. The van der Waals surface area contributed by atoms with E-state index in [4.69, 9.17) is 0 Å². The quantitative estimate of drug-likeness (QED) is 0.490. The number of thiol groups is 1. The summed E-state index contributed by atoms with van der Waals surface area (Å²) in [5.74, 6) is 0. The van der Waals surface area contributed by atoms with Gasteiger partial charge in [-0.25, -0.2) is 8.42 Å². The van der Waals surface area contributed by atoms with Gasteiger partial charge in [0.05, 0.1) is 0 Å². The molecule has 0 aliphatic rings. The van der Waals surface area contributed by atoms with E-state index in [2.05, 4.69) is 22.5 Å². The summed E-state index contributed by atoms with van der Waals surface area (Å²) in [6.45, 7) is 0. The first-order valence-electron chi connectivity index (χ1n) is 1.09. The summed E-state index contributed by atoms with van der Waals surface area (Å²) in [4.78, 5) is 0. The van der Waals surface area contributed by atoms with Crippen LogP contribution in [0.25, 0.3) is 0 Å². The predicted octanol–water partition coefficient (Wildman–Crippen LogP) is 1.18. The van der Waals surface area contributed by atoms with Gasteiger partial charge in [-0.3, -0.25) is 4.57 Å². The van der Waals surface area contributed by atoms with Gasteiger partial charge in [0, 0.05) is 0 Å². The second-order valence-electron chi connectivity index (χ2n) is 0.673. The zero-order valence-corrected chi connectivity index (χ0v) is 6.18. The molecule has 0 fully saturated rings. The third kappa shape index (κ3) is 3.35. The van der Waals surface area contributed by atoms with Crippen molar-refractivity contribution < 1.29 is 13.0 Å². The Bertz CT molecular complexity index is 156. The van der Waals surface area contributed by atoms with Crippen molar-refractivity contribution in [3.8, 4) is 0 Å². The molecule has 0 radical (unpaired) electrons. The maximum Gasteiger partial charge on any atom is 0.359 e. The Morgan fingerprint density at radius 2 is 1.43 bits per heavy atom. The fourth-order valence-electron chi connectivity index (χ4n) is 0. The highest BCUT2D eigenvalue weighted by Gasteiger charge is 2.15. The maximum absolute atomic E-state index is 9.85. The minimum absolute atomic E-state index is 3.16. The molecule has 0 unspecified atom stereocenters. The molecule has 0 bridgehead atoms. The molecular weight excluding hydrogens is 182 g/mol. The zero-order valence-electron chi connectivity index (χ0n) is 2.88. The van der Waals surface area contributed by atoms with Crippen LogP contribution >= 0.6 is 27.5 Å². The molecule has 0 spiro atoms. The Labute approximate surface area is 51.3 Å². The van der Waals surface area contributed by atoms with Crippen molar-refractivity contribution in [2.24, 2.45) is 0 Å². The molecule has 0 aliphatic carbocycles. The van der Waals surface area contributed by atoms with Crippen LogP contribution in [0, 0.1) is 0 Å². The predicted molar refractivity (Wildman–Crippen MR) is 29.6 cm³/mol. The van der Waals surface area contributed by atoms with Gasteiger partial charge in [-0.05, 0) is 22.5 Å². The van der Waals surface area contributed by atoms with Crippen molar-refractivity contribution in [3.05, 3.63) is 0 Å². The van der Waals surface area contributed by atoms with Crippen LogP contribution in [0.4, 0.5) is 0 Å². The fraction of sp³-hybridized carbons (Fsp3) is 0. The van der Waals surface area contributed by atoms with Gasteiger partial charge in [-0.15, -0.1) is 0 Å². The van der Waals surface area contributed by atoms with Crippen LogP contribution < -0.4 is 0 Å². The van der Waals surface area contributed by atoms with Gasteiger partial charge >= 0.3 is 5.05 Å². The highest BCUT2D eigenvalue weighted by atomic mass is 35.9. The van der Waals surface area contributed by atoms with E-state index in [-0.39, 0.29) is 0 Å². The summed E-state index contributed by atoms with van der Waals surface area (Å²) in [6.07, 6.45) is 0. The SMILES string of the molecule is O=[SH](=O)P(=O)(Cl)Cl. The largest absolute Gasteiger partial charge is 0.359 e. The highest BCUT2D eigenvalue weighted by molar-refractivity contribution is 8.61. The van der Waals surface area contributed by atoms with E-state index < -0.39 is 15.4 Å². The van der Waals surface area contributed by atoms with E-state index in [0.717, 1.165) is 0 Å². The summed E-state index contributed by atoms with van der Waals surface area (Å²) in [5.41, 5.74) is 0. The lowest BCUT2D eigenvalue weighted by Crippen LogP contribution is -1.60. The lowest BCUT2D eigenvalue weighted by Gasteiger charge is -1.80. The van der Waals surface area contributed by atoms with Crippen LogP contribution in [0.2, 0.25) is 0 Å². The average molecular weight is 183 g/mol. The molecule has 0 aromatic heterocycles. The van der Waals surface area contributed by atoms with E-state index >= 15 is 0 Å². The van der Waals surface area contributed by atoms with E-state index in [1.54, 1.807) is 0 Å². The Morgan fingerprint density at radius 1 is 1.29 bits per heavy atom. The van der Waals surface area contributed by atoms with Crippen molar-refractivity contribution in [2.45, 2.75) is 0 Å². The van der Waals surface area contributed by atoms with Crippen LogP contribution in [0.5, 0.6) is 0 Å². The van der Waals surface area contributed by atoms with Crippen LogP contribution in [0.3, 0.4) is 0 Å². The maximum atomic E-state index is 9.85. The lowest BCUT2D eigenvalue weighted by molar-refractivity contribution is 0.590. The van der Waals surface area contributed by atoms with Gasteiger partial charge in [-0.1, -0.05) is 0 Å². The topological polar surface area (TPSA) is 51.2 Å². The molecule has 44 valence electrons. The van der Waals surface area contributed by atoms with Crippen molar-refractivity contribution in [3.63, 3.8) is 0 Å². The molecule has 0 amide bonds. The number of halogens is 2. The Morgan fingerprint density at radius 3 is 1.43 bits per heavy atom. The number of hydrogen-bond acceptors (Lipinski definition) is 3. The molecule has 0 atom stereocenters. The molecule has 3 nitrogen and oxygen atoms in total. The first kappa shape index (κ1) is 7.76. The van der Waals surface area contributed by atoms with Crippen molar-refractivity contribution >= 4 is 37.9 Å². The molecule has 0 N–H and O–H groups in total. The average Bonchev–Trinajstić information content (AvgIpc) is 1.31. The van der Waals surface area contributed by atoms with Crippen molar-refractivity contribution in [2.75, 3.05) is 0 Å². The molecule has 0 heterocycles. The highest BCUT2D eigenvalue weighted by Crippen LogP contribution is 2.57. The van der Waals surface area contributed by atoms with Gasteiger partial charge in [0.15, 0.2) is 0 Å². The second kappa shape index (κ2) is 2.35. The molecule has 0 aromatic carbocycles. The Balaban J connectivity index is 4.42. The molecule has 0 rings (SSSR count). The monoisotopic (exact) mass is 182 g/mol. The van der Waals surface area contributed by atoms with E-state index in [9.17, 15) is 13.0 Å². The van der Waals surface area contributed by atoms with Crippen LogP contribution in [-0.2, 0) is 14.9 Å². The van der Waals surface area contributed by atoms with Crippen molar-refractivity contribution in [1.82, 2.24) is 0 Å². The summed E-state index contributed by atoms with van der Waals surface area (Å²) in [7, 11) is -3.16.